The van der Waals surface area contributed by atoms with Gasteiger partial charge in [0.1, 0.15) is 5.76 Å². The Morgan fingerprint density at radius 3 is 2.45 bits per heavy atom. The van der Waals surface area contributed by atoms with Crippen molar-refractivity contribution < 1.29 is 73.5 Å². The smallest absolute Gasteiger partial charge is 0.467 e. The molecular weight excluding hydrogens is 297 g/mol. The van der Waals surface area contributed by atoms with Crippen molar-refractivity contribution in [2.24, 2.45) is 0 Å². The van der Waals surface area contributed by atoms with Gasteiger partial charge in [0.2, 0.25) is 5.91 Å². The van der Waals surface area contributed by atoms with Gasteiger partial charge in [0.05, 0.1) is 12.8 Å². The number of rotatable bonds is 4. The largest absolute Gasteiger partial charge is 1.00 e. The molecule has 100 valence electrons. The summed E-state index contributed by atoms with van der Waals surface area (Å²) in [5.41, 5.74) is -1.26. The second kappa shape index (κ2) is 7.46. The van der Waals surface area contributed by atoms with Gasteiger partial charge < -0.3 is 22.7 Å². The van der Waals surface area contributed by atoms with Crippen LogP contribution in [0.1, 0.15) is 16.1 Å². The van der Waals surface area contributed by atoms with E-state index in [1.165, 1.54) is 18.4 Å². The van der Waals surface area contributed by atoms with Crippen LogP contribution in [0, 0.1) is 0 Å². The Balaban J connectivity index is 0.00000200. The molecule has 0 aliphatic carbocycles. The molecule has 0 saturated carbocycles. The summed E-state index contributed by atoms with van der Waals surface area (Å²) in [6, 6.07) is 7.97. The molecule has 1 aromatic heterocycles. The van der Waals surface area contributed by atoms with Crippen LogP contribution in [0.5, 0.6) is 0 Å². The van der Waals surface area contributed by atoms with Crippen molar-refractivity contribution in [1.29, 1.82) is 0 Å². The standard InChI is InChI=1S/C12H10BF3NO2.K/c14-13(15,16)11-6-2-1-5-10(11)12(18)17-8-9-4-3-7-19-9;/h1-7H,8H2,(H,17,18);/q-1;+1. The van der Waals surface area contributed by atoms with Crippen molar-refractivity contribution in [2.45, 2.75) is 6.54 Å². The number of hydrogen-bond acceptors (Lipinski definition) is 2. The fraction of sp³-hybridized carbons (Fsp3) is 0.0833. The van der Waals surface area contributed by atoms with E-state index in [1.54, 1.807) is 12.1 Å². The molecule has 1 N–H and O–H groups in total. The number of hydrogen-bond donors (Lipinski definition) is 1. The molecular formula is C12H10BF3KNO2. The summed E-state index contributed by atoms with van der Waals surface area (Å²) < 4.78 is 43.3. The first-order chi connectivity index (χ1) is 8.98. The Labute approximate surface area is 156 Å². The summed E-state index contributed by atoms with van der Waals surface area (Å²) >= 11 is 0. The van der Waals surface area contributed by atoms with Gasteiger partial charge in [-0.1, -0.05) is 29.7 Å². The Hall–Kier alpha value is -0.539. The molecule has 0 fully saturated rings. The van der Waals surface area contributed by atoms with Crippen LogP contribution in [0.2, 0.25) is 0 Å². The topological polar surface area (TPSA) is 42.2 Å². The zero-order valence-corrected chi connectivity index (χ0v) is 13.9. The van der Waals surface area contributed by atoms with Gasteiger partial charge in [0.15, 0.2) is 0 Å². The van der Waals surface area contributed by atoms with Crippen LogP contribution in [0.15, 0.2) is 47.1 Å². The minimum Gasteiger partial charge on any atom is -0.467 e. The van der Waals surface area contributed by atoms with Gasteiger partial charge in [-0.15, -0.1) is 0 Å². The molecule has 0 radical (unpaired) electrons. The van der Waals surface area contributed by atoms with Crippen LogP contribution < -0.4 is 62.2 Å². The van der Waals surface area contributed by atoms with E-state index >= 15 is 0 Å². The summed E-state index contributed by atoms with van der Waals surface area (Å²) in [5, 5.41) is 2.39. The summed E-state index contributed by atoms with van der Waals surface area (Å²) in [4.78, 5) is 11.8. The molecule has 3 nitrogen and oxygen atoms in total. The molecule has 0 unspecified atom stereocenters. The van der Waals surface area contributed by atoms with E-state index in [9.17, 15) is 17.7 Å². The molecule has 0 atom stereocenters. The average molecular weight is 307 g/mol. The van der Waals surface area contributed by atoms with Crippen molar-refractivity contribution in [1.82, 2.24) is 5.32 Å². The first-order valence-electron chi connectivity index (χ1n) is 5.58. The molecule has 1 aromatic carbocycles. The van der Waals surface area contributed by atoms with E-state index < -0.39 is 18.3 Å². The second-order valence-electron chi connectivity index (χ2n) is 3.92. The molecule has 1 amide bonds. The fourth-order valence-corrected chi connectivity index (χ4v) is 1.67. The number of carbonyl (C=O) groups is 1. The number of carbonyl (C=O) groups excluding carboxylic acids is 1. The van der Waals surface area contributed by atoms with Crippen molar-refractivity contribution in [3.05, 3.63) is 54.0 Å². The maximum Gasteiger partial charge on any atom is 1.00 e. The molecule has 0 spiro atoms. The molecule has 0 saturated heterocycles. The monoisotopic (exact) mass is 307 g/mol. The first-order valence-corrected chi connectivity index (χ1v) is 5.58. The zero-order chi connectivity index (χ0) is 13.9. The predicted molar refractivity (Wildman–Crippen MR) is 65.0 cm³/mol. The van der Waals surface area contributed by atoms with Crippen LogP contribution in [0.3, 0.4) is 0 Å². The summed E-state index contributed by atoms with van der Waals surface area (Å²) in [6.45, 7) is -5.17. The average Bonchev–Trinajstić information content (AvgIpc) is 2.88. The van der Waals surface area contributed by atoms with E-state index in [1.807, 2.05) is 0 Å². The van der Waals surface area contributed by atoms with E-state index in [0.717, 1.165) is 12.1 Å². The normalized spacial score (nSPS) is 10.8. The summed E-state index contributed by atoms with van der Waals surface area (Å²) in [5.74, 6) is -0.297. The second-order valence-corrected chi connectivity index (χ2v) is 3.92. The number of nitrogens with one attached hydrogen (secondary N) is 1. The van der Waals surface area contributed by atoms with E-state index in [2.05, 4.69) is 5.32 Å². The van der Waals surface area contributed by atoms with Gasteiger partial charge in [-0.3, -0.25) is 4.79 Å². The molecule has 2 rings (SSSR count). The van der Waals surface area contributed by atoms with Crippen molar-refractivity contribution in [3.63, 3.8) is 0 Å². The molecule has 0 aliphatic rings. The van der Waals surface area contributed by atoms with Gasteiger partial charge >= 0.3 is 58.4 Å². The first kappa shape index (κ1) is 17.5. The number of benzene rings is 1. The Bertz CT molecular complexity index is 572. The Kier molecular flexibility index (Phi) is 6.54. The Morgan fingerprint density at radius 1 is 1.15 bits per heavy atom. The maximum atomic E-state index is 12.8. The van der Waals surface area contributed by atoms with Crippen molar-refractivity contribution in [3.8, 4) is 0 Å². The predicted octanol–water partition coefficient (Wildman–Crippen LogP) is -0.732. The minimum absolute atomic E-state index is 0. The van der Waals surface area contributed by atoms with Crippen LogP contribution >= 0.6 is 0 Å². The molecule has 2 aromatic rings. The molecule has 0 aliphatic heterocycles. The van der Waals surface area contributed by atoms with Gasteiger partial charge in [0, 0.05) is 5.56 Å². The number of halogens is 3. The number of amides is 1. The van der Waals surface area contributed by atoms with E-state index in [0.29, 0.717) is 5.76 Å². The van der Waals surface area contributed by atoms with Gasteiger partial charge in [0.25, 0.3) is 0 Å². The van der Waals surface area contributed by atoms with Crippen molar-refractivity contribution in [2.75, 3.05) is 0 Å². The van der Waals surface area contributed by atoms with Crippen LogP contribution in [0.4, 0.5) is 12.9 Å². The third kappa shape index (κ3) is 4.49. The zero-order valence-electron chi connectivity index (χ0n) is 10.8. The molecule has 0 bridgehead atoms. The quantitative estimate of drug-likeness (QED) is 0.757. The third-order valence-electron chi connectivity index (χ3n) is 2.56. The van der Waals surface area contributed by atoms with Gasteiger partial charge in [-0.05, 0) is 12.1 Å². The summed E-state index contributed by atoms with van der Waals surface area (Å²) in [7, 11) is 0. The number of furan rings is 1. The molecule has 8 heteroatoms. The molecule has 1 heterocycles. The van der Waals surface area contributed by atoms with Crippen LogP contribution in [-0.2, 0) is 6.54 Å². The Morgan fingerprint density at radius 2 is 1.85 bits per heavy atom. The van der Waals surface area contributed by atoms with Crippen LogP contribution in [0.25, 0.3) is 0 Å². The summed E-state index contributed by atoms with van der Waals surface area (Å²) in [6.07, 6.45) is 1.42. The van der Waals surface area contributed by atoms with Gasteiger partial charge in [-0.2, -0.15) is 0 Å². The van der Waals surface area contributed by atoms with Crippen molar-refractivity contribution >= 4 is 18.3 Å². The van der Waals surface area contributed by atoms with Crippen LogP contribution in [-0.4, -0.2) is 12.9 Å². The third-order valence-corrected chi connectivity index (χ3v) is 2.56. The van der Waals surface area contributed by atoms with E-state index in [4.69, 9.17) is 4.42 Å². The fourth-order valence-electron chi connectivity index (χ4n) is 1.67. The maximum absolute atomic E-state index is 12.8. The van der Waals surface area contributed by atoms with E-state index in [-0.39, 0.29) is 63.5 Å². The SMILES string of the molecule is O=C(NCc1ccco1)c1ccccc1[B-](F)(F)F.[K+]. The van der Waals surface area contributed by atoms with Gasteiger partial charge in [-0.25, -0.2) is 0 Å². The minimum atomic E-state index is -5.22. The molecule has 20 heavy (non-hydrogen) atoms.